The first-order valence-electron chi connectivity index (χ1n) is 9.74. The minimum atomic E-state index is -3.85. The summed E-state index contributed by atoms with van der Waals surface area (Å²) in [6.45, 7) is 6.02. The first kappa shape index (κ1) is 20.2. The zero-order chi connectivity index (χ0) is 21.0. The molecule has 0 amide bonds. The van der Waals surface area contributed by atoms with Crippen molar-refractivity contribution in [1.29, 1.82) is 0 Å². The highest BCUT2D eigenvalue weighted by Gasteiger charge is 2.24. The fourth-order valence-corrected chi connectivity index (χ4v) is 4.47. The van der Waals surface area contributed by atoms with E-state index in [0.717, 1.165) is 23.4 Å². The third kappa shape index (κ3) is 4.40. The van der Waals surface area contributed by atoms with Crippen molar-refractivity contribution in [3.8, 4) is 5.75 Å². The van der Waals surface area contributed by atoms with E-state index in [2.05, 4.69) is 17.5 Å². The van der Waals surface area contributed by atoms with Gasteiger partial charge in [0, 0.05) is 18.8 Å². The molecule has 0 saturated carbocycles. The van der Waals surface area contributed by atoms with Crippen LogP contribution in [0.5, 0.6) is 5.75 Å². The third-order valence-corrected chi connectivity index (χ3v) is 6.31. The summed E-state index contributed by atoms with van der Waals surface area (Å²) in [5, 5.41) is 0. The van der Waals surface area contributed by atoms with E-state index < -0.39 is 10.1 Å². The van der Waals surface area contributed by atoms with Crippen molar-refractivity contribution in [2.75, 3.05) is 24.6 Å². The van der Waals surface area contributed by atoms with Crippen LogP contribution >= 0.6 is 0 Å². The van der Waals surface area contributed by atoms with Gasteiger partial charge in [-0.25, -0.2) is 0 Å². The largest absolute Gasteiger partial charge is 0.379 e. The van der Waals surface area contributed by atoms with E-state index in [1.54, 1.807) is 30.3 Å². The minimum Gasteiger partial charge on any atom is -0.379 e. The average Bonchev–Trinajstić information content (AvgIpc) is 2.80. The van der Waals surface area contributed by atoms with Crippen LogP contribution in [0, 0.1) is 0 Å². The highest BCUT2D eigenvalue weighted by molar-refractivity contribution is 7.87. The third-order valence-electron chi connectivity index (χ3n) is 5.05. The second-order valence-corrected chi connectivity index (χ2v) is 8.53. The number of hydrogen-bond donors (Lipinski definition) is 0. The molecule has 1 heterocycles. The van der Waals surface area contributed by atoms with Crippen LogP contribution in [0.2, 0.25) is 0 Å². The van der Waals surface area contributed by atoms with Crippen LogP contribution in [0.3, 0.4) is 0 Å². The summed E-state index contributed by atoms with van der Waals surface area (Å²) in [5.74, 6) is 0.271. The Morgan fingerprint density at radius 2 is 1.67 bits per heavy atom. The summed E-state index contributed by atoms with van der Waals surface area (Å²) in [6, 6.07) is 23.3. The lowest BCUT2D eigenvalue weighted by atomic mass is 10.1. The van der Waals surface area contributed by atoms with Gasteiger partial charge in [-0.2, -0.15) is 8.42 Å². The predicted molar refractivity (Wildman–Crippen MR) is 118 cm³/mol. The maximum absolute atomic E-state index is 12.4. The summed E-state index contributed by atoms with van der Waals surface area (Å²) in [4.78, 5) is 2.41. The molecule has 1 atom stereocenters. The monoisotopic (exact) mass is 421 g/mol. The van der Waals surface area contributed by atoms with Crippen molar-refractivity contribution in [3.05, 3.63) is 96.6 Å². The molecule has 0 radical (unpaired) electrons. The van der Waals surface area contributed by atoms with Crippen LogP contribution < -0.4 is 9.08 Å². The van der Waals surface area contributed by atoms with Crippen molar-refractivity contribution in [3.63, 3.8) is 0 Å². The van der Waals surface area contributed by atoms with Gasteiger partial charge in [0.2, 0.25) is 0 Å². The van der Waals surface area contributed by atoms with E-state index in [0.29, 0.717) is 13.2 Å². The first-order chi connectivity index (χ1) is 14.6. The highest BCUT2D eigenvalue weighted by atomic mass is 32.2. The Morgan fingerprint density at radius 3 is 2.40 bits per heavy atom. The van der Waals surface area contributed by atoms with E-state index in [1.165, 1.54) is 12.1 Å². The summed E-state index contributed by atoms with van der Waals surface area (Å²) in [7, 11) is -3.85. The van der Waals surface area contributed by atoms with Gasteiger partial charge < -0.3 is 13.8 Å². The fourth-order valence-electron chi connectivity index (χ4n) is 3.52. The van der Waals surface area contributed by atoms with Crippen LogP contribution in [0.1, 0.15) is 17.2 Å². The second-order valence-electron chi connectivity index (χ2n) is 6.99. The van der Waals surface area contributed by atoms with Crippen LogP contribution in [-0.2, 0) is 14.9 Å². The van der Waals surface area contributed by atoms with Gasteiger partial charge in [0.25, 0.3) is 0 Å². The topological polar surface area (TPSA) is 55.8 Å². The minimum absolute atomic E-state index is 0.114. The average molecular weight is 422 g/mol. The SMILES string of the molecule is C=Cc1ccccc1N1CCO[C@@H](c2ccc(OS(=O)(=O)c3ccccc3)cc2)C1. The molecule has 1 aliphatic rings. The molecule has 1 saturated heterocycles. The second kappa shape index (κ2) is 8.73. The fraction of sp³-hybridized carbons (Fsp3) is 0.167. The van der Waals surface area contributed by atoms with Crippen molar-refractivity contribution < 1.29 is 17.3 Å². The Bertz CT molecular complexity index is 1110. The molecule has 5 nitrogen and oxygen atoms in total. The summed E-state index contributed by atoms with van der Waals surface area (Å²) in [5.41, 5.74) is 3.20. The number of ether oxygens (including phenoxy) is 1. The van der Waals surface area contributed by atoms with Crippen molar-refractivity contribution in [1.82, 2.24) is 0 Å². The number of para-hydroxylation sites is 1. The molecule has 0 aliphatic carbocycles. The molecular formula is C24H23NO4S. The van der Waals surface area contributed by atoms with Crippen LogP contribution in [0.4, 0.5) is 5.69 Å². The molecule has 3 aromatic carbocycles. The number of nitrogens with zero attached hydrogens (tertiary/aromatic N) is 1. The lowest BCUT2D eigenvalue weighted by molar-refractivity contribution is 0.0398. The lowest BCUT2D eigenvalue weighted by Gasteiger charge is -2.35. The molecule has 30 heavy (non-hydrogen) atoms. The van der Waals surface area contributed by atoms with Crippen molar-refractivity contribution >= 4 is 21.9 Å². The number of anilines is 1. The molecule has 6 heteroatoms. The van der Waals surface area contributed by atoms with Crippen LogP contribution in [0.25, 0.3) is 6.08 Å². The zero-order valence-corrected chi connectivity index (χ0v) is 17.3. The zero-order valence-electron chi connectivity index (χ0n) is 16.5. The molecule has 0 unspecified atom stereocenters. The smallest absolute Gasteiger partial charge is 0.339 e. The van der Waals surface area contributed by atoms with Crippen LogP contribution in [0.15, 0.2) is 90.3 Å². The normalized spacial score (nSPS) is 16.8. The molecule has 0 spiro atoms. The van der Waals surface area contributed by atoms with Crippen LogP contribution in [-0.4, -0.2) is 28.1 Å². The molecular weight excluding hydrogens is 398 g/mol. The van der Waals surface area contributed by atoms with E-state index in [4.69, 9.17) is 8.92 Å². The van der Waals surface area contributed by atoms with E-state index in [9.17, 15) is 8.42 Å². The Kier molecular flexibility index (Phi) is 5.88. The molecule has 0 N–H and O–H groups in total. The molecule has 154 valence electrons. The van der Waals surface area contributed by atoms with Crippen molar-refractivity contribution in [2.24, 2.45) is 0 Å². The predicted octanol–water partition coefficient (Wildman–Crippen LogP) is 4.68. The van der Waals surface area contributed by atoms with Gasteiger partial charge in [-0.15, -0.1) is 0 Å². The van der Waals surface area contributed by atoms with Gasteiger partial charge in [0.1, 0.15) is 16.7 Å². The lowest BCUT2D eigenvalue weighted by Crippen LogP contribution is -2.38. The van der Waals surface area contributed by atoms with Gasteiger partial charge >= 0.3 is 10.1 Å². The van der Waals surface area contributed by atoms with Gasteiger partial charge in [-0.1, -0.05) is 61.2 Å². The Hall–Kier alpha value is -3.09. The van der Waals surface area contributed by atoms with E-state index in [-0.39, 0.29) is 16.7 Å². The van der Waals surface area contributed by atoms with Gasteiger partial charge in [-0.05, 0) is 41.5 Å². The van der Waals surface area contributed by atoms with Gasteiger partial charge in [-0.3, -0.25) is 0 Å². The standard InChI is InChI=1S/C24H23NO4S/c1-2-19-8-6-7-11-23(19)25-16-17-28-24(18-25)20-12-14-21(15-13-20)29-30(26,27)22-9-4-3-5-10-22/h2-15,24H,1,16-18H2/t24-/m1/s1. The van der Waals surface area contributed by atoms with E-state index >= 15 is 0 Å². The Balaban J connectivity index is 1.48. The summed E-state index contributed by atoms with van der Waals surface area (Å²) >= 11 is 0. The molecule has 4 rings (SSSR count). The maximum atomic E-state index is 12.4. The summed E-state index contributed by atoms with van der Waals surface area (Å²) in [6.07, 6.45) is 1.75. The number of hydrogen-bond acceptors (Lipinski definition) is 5. The number of morpholine rings is 1. The molecule has 1 aliphatic heterocycles. The van der Waals surface area contributed by atoms with Crippen molar-refractivity contribution in [2.45, 2.75) is 11.0 Å². The summed E-state index contributed by atoms with van der Waals surface area (Å²) < 4.78 is 36.0. The molecule has 1 fully saturated rings. The number of rotatable bonds is 6. The first-order valence-corrected chi connectivity index (χ1v) is 11.2. The Labute approximate surface area is 177 Å². The quantitative estimate of drug-likeness (QED) is 0.541. The highest BCUT2D eigenvalue weighted by Crippen LogP contribution is 2.30. The molecule has 0 aromatic heterocycles. The van der Waals surface area contributed by atoms with Gasteiger partial charge in [0.05, 0.1) is 6.61 Å². The maximum Gasteiger partial charge on any atom is 0.339 e. The van der Waals surface area contributed by atoms with E-state index in [1.807, 2.05) is 36.4 Å². The molecule has 0 bridgehead atoms. The van der Waals surface area contributed by atoms with Gasteiger partial charge in [0.15, 0.2) is 0 Å². The molecule has 3 aromatic rings. The number of benzene rings is 3. The Morgan fingerprint density at radius 1 is 0.967 bits per heavy atom.